The molecule has 0 saturated heterocycles. The highest BCUT2D eigenvalue weighted by Crippen LogP contribution is 2.27. The van der Waals surface area contributed by atoms with Crippen molar-refractivity contribution in [2.24, 2.45) is 0 Å². The van der Waals surface area contributed by atoms with Crippen molar-refractivity contribution < 1.29 is 0 Å². The van der Waals surface area contributed by atoms with Gasteiger partial charge in [-0.05, 0) is 30.5 Å². The quantitative estimate of drug-likeness (QED) is 0.521. The Morgan fingerprint density at radius 3 is 2.50 bits per heavy atom. The van der Waals surface area contributed by atoms with Gasteiger partial charge in [0, 0.05) is 5.56 Å². The third-order valence-electron chi connectivity index (χ3n) is 3.90. The van der Waals surface area contributed by atoms with Gasteiger partial charge in [0.25, 0.3) is 0 Å². The second-order valence-electron chi connectivity index (χ2n) is 5.38. The van der Waals surface area contributed by atoms with Gasteiger partial charge in [0.2, 0.25) is 0 Å². The summed E-state index contributed by atoms with van der Waals surface area (Å²) in [5.41, 5.74) is 4.59. The second-order valence-corrected chi connectivity index (χ2v) is 5.38. The van der Waals surface area contributed by atoms with E-state index in [4.69, 9.17) is 0 Å². The Kier molecular flexibility index (Phi) is 2.70. The highest BCUT2D eigenvalue weighted by atomic mass is 15.0. The fraction of sp³-hybridized carbons (Fsp3) is 0.0526. The van der Waals surface area contributed by atoms with Gasteiger partial charge in [-0.15, -0.1) is 0 Å². The summed E-state index contributed by atoms with van der Waals surface area (Å²) in [6.07, 6.45) is 0. The summed E-state index contributed by atoms with van der Waals surface area (Å²) in [4.78, 5) is 4.55. The molecule has 0 unspecified atom stereocenters. The minimum atomic E-state index is 0.460. The lowest BCUT2D eigenvalue weighted by Crippen LogP contribution is -1.92. The molecule has 4 rings (SSSR count). The van der Waals surface area contributed by atoms with Gasteiger partial charge in [0.1, 0.15) is 11.9 Å². The van der Waals surface area contributed by atoms with Crippen LogP contribution in [0.4, 0.5) is 0 Å². The van der Waals surface area contributed by atoms with Gasteiger partial charge in [-0.25, -0.2) is 4.98 Å². The number of benzene rings is 2. The fourth-order valence-electron chi connectivity index (χ4n) is 2.87. The summed E-state index contributed by atoms with van der Waals surface area (Å²) < 4.78 is 2.07. The molecule has 0 radical (unpaired) electrons. The average molecular weight is 283 g/mol. The van der Waals surface area contributed by atoms with Crippen LogP contribution in [0.25, 0.3) is 27.8 Å². The number of pyridine rings is 1. The third-order valence-corrected chi connectivity index (χ3v) is 3.90. The van der Waals surface area contributed by atoms with Crippen molar-refractivity contribution in [2.75, 3.05) is 0 Å². The maximum atomic E-state index is 9.39. The molecule has 104 valence electrons. The number of aromatic nitrogens is 2. The first-order chi connectivity index (χ1) is 10.8. The number of nitrogens with zero attached hydrogens (tertiary/aromatic N) is 3. The van der Waals surface area contributed by atoms with E-state index in [0.29, 0.717) is 5.69 Å². The second kappa shape index (κ2) is 4.71. The highest BCUT2D eigenvalue weighted by molar-refractivity contribution is 5.87. The molecule has 0 fully saturated rings. The van der Waals surface area contributed by atoms with E-state index >= 15 is 0 Å². The Morgan fingerprint density at radius 1 is 0.955 bits per heavy atom. The molecule has 0 aliphatic rings. The maximum Gasteiger partial charge on any atom is 0.166 e. The minimum absolute atomic E-state index is 0.460. The van der Waals surface area contributed by atoms with Crippen LogP contribution in [-0.2, 0) is 0 Å². The van der Waals surface area contributed by atoms with E-state index in [0.717, 1.165) is 27.8 Å². The molecule has 0 spiro atoms. The van der Waals surface area contributed by atoms with Crippen molar-refractivity contribution >= 4 is 16.4 Å². The minimum Gasteiger partial charge on any atom is -0.291 e. The van der Waals surface area contributed by atoms with Gasteiger partial charge in [0.15, 0.2) is 5.69 Å². The lowest BCUT2D eigenvalue weighted by Gasteiger charge is -2.07. The van der Waals surface area contributed by atoms with Crippen LogP contribution in [0.1, 0.15) is 11.3 Å². The molecule has 2 aromatic carbocycles. The lowest BCUT2D eigenvalue weighted by molar-refractivity contribution is 1.21. The van der Waals surface area contributed by atoms with Crippen molar-refractivity contribution in [1.82, 2.24) is 9.38 Å². The fourth-order valence-corrected chi connectivity index (χ4v) is 2.87. The summed E-state index contributed by atoms with van der Waals surface area (Å²) >= 11 is 0. The zero-order valence-electron chi connectivity index (χ0n) is 12.1. The molecule has 0 N–H and O–H groups in total. The van der Waals surface area contributed by atoms with Gasteiger partial charge < -0.3 is 0 Å². The van der Waals surface area contributed by atoms with Gasteiger partial charge >= 0.3 is 0 Å². The van der Waals surface area contributed by atoms with Crippen LogP contribution in [0.3, 0.4) is 0 Å². The first-order valence-corrected chi connectivity index (χ1v) is 7.15. The Morgan fingerprint density at radius 2 is 1.73 bits per heavy atom. The van der Waals surface area contributed by atoms with Crippen LogP contribution >= 0.6 is 0 Å². The number of aryl methyl sites for hydroxylation is 1. The Bertz CT molecular complexity index is 1040. The van der Waals surface area contributed by atoms with Gasteiger partial charge in [-0.1, -0.05) is 48.0 Å². The van der Waals surface area contributed by atoms with Crippen molar-refractivity contribution in [3.8, 4) is 17.5 Å². The Hall–Kier alpha value is -3.12. The van der Waals surface area contributed by atoms with Crippen LogP contribution in [0.2, 0.25) is 0 Å². The molecule has 0 bridgehead atoms. The average Bonchev–Trinajstić information content (AvgIpc) is 2.94. The summed E-state index contributed by atoms with van der Waals surface area (Å²) in [5, 5.41) is 10.5. The molecular formula is C19H13N3. The first kappa shape index (κ1) is 12.6. The largest absolute Gasteiger partial charge is 0.291 e. The van der Waals surface area contributed by atoms with E-state index in [2.05, 4.69) is 46.6 Å². The predicted molar refractivity (Wildman–Crippen MR) is 87.6 cm³/mol. The Labute approximate surface area is 128 Å². The van der Waals surface area contributed by atoms with E-state index in [-0.39, 0.29) is 0 Å². The van der Waals surface area contributed by atoms with Crippen LogP contribution in [0, 0.1) is 18.3 Å². The summed E-state index contributed by atoms with van der Waals surface area (Å²) in [7, 11) is 0. The summed E-state index contributed by atoms with van der Waals surface area (Å²) in [5.74, 6) is 0.807. The number of nitriles is 1. The van der Waals surface area contributed by atoms with E-state index < -0.39 is 0 Å². The SMILES string of the molecule is Cc1ccc2c(ccc3c(C#N)nc(-c4ccccc4)n32)c1. The van der Waals surface area contributed by atoms with E-state index in [9.17, 15) is 5.26 Å². The van der Waals surface area contributed by atoms with E-state index in [1.165, 1.54) is 5.56 Å². The molecule has 0 atom stereocenters. The van der Waals surface area contributed by atoms with Crippen LogP contribution in [0.15, 0.2) is 60.7 Å². The number of rotatable bonds is 1. The highest BCUT2D eigenvalue weighted by Gasteiger charge is 2.14. The number of hydrogen-bond acceptors (Lipinski definition) is 2. The Balaban J connectivity index is 2.19. The van der Waals surface area contributed by atoms with E-state index in [1.54, 1.807) is 0 Å². The maximum absolute atomic E-state index is 9.39. The van der Waals surface area contributed by atoms with Crippen molar-refractivity contribution in [3.05, 3.63) is 71.9 Å². The smallest absolute Gasteiger partial charge is 0.166 e. The number of hydrogen-bond donors (Lipinski definition) is 0. The monoisotopic (exact) mass is 283 g/mol. The third kappa shape index (κ3) is 1.78. The molecule has 0 saturated carbocycles. The van der Waals surface area contributed by atoms with Crippen molar-refractivity contribution in [1.29, 1.82) is 5.26 Å². The molecule has 0 aliphatic heterocycles. The molecule has 3 nitrogen and oxygen atoms in total. The van der Waals surface area contributed by atoms with Crippen LogP contribution in [0.5, 0.6) is 0 Å². The standard InChI is InChI=1S/C19H13N3/c1-13-7-9-17-15(11-13)8-10-18-16(12-20)21-19(22(17)18)14-5-3-2-4-6-14/h2-11H,1H3. The zero-order chi connectivity index (χ0) is 15.1. The summed E-state index contributed by atoms with van der Waals surface area (Å²) in [6, 6.07) is 22.5. The number of imidazole rings is 1. The first-order valence-electron chi connectivity index (χ1n) is 7.15. The molecule has 4 aromatic rings. The molecule has 22 heavy (non-hydrogen) atoms. The molecule has 0 amide bonds. The molecule has 2 heterocycles. The predicted octanol–water partition coefficient (Wildman–Crippen LogP) is 4.33. The zero-order valence-corrected chi connectivity index (χ0v) is 12.1. The van der Waals surface area contributed by atoms with Crippen molar-refractivity contribution in [2.45, 2.75) is 6.92 Å². The normalized spacial score (nSPS) is 10.9. The lowest BCUT2D eigenvalue weighted by atomic mass is 10.1. The van der Waals surface area contributed by atoms with Gasteiger partial charge in [-0.2, -0.15) is 5.26 Å². The summed E-state index contributed by atoms with van der Waals surface area (Å²) in [6.45, 7) is 2.08. The molecule has 2 aromatic heterocycles. The molecule has 0 aliphatic carbocycles. The molecular weight excluding hydrogens is 270 g/mol. The van der Waals surface area contributed by atoms with Crippen molar-refractivity contribution in [3.63, 3.8) is 0 Å². The number of fused-ring (bicyclic) bond motifs is 3. The molecule has 3 heteroatoms. The van der Waals surface area contributed by atoms with E-state index in [1.807, 2.05) is 36.4 Å². The topological polar surface area (TPSA) is 41.1 Å². The van der Waals surface area contributed by atoms with Crippen LogP contribution in [-0.4, -0.2) is 9.38 Å². The van der Waals surface area contributed by atoms with Crippen LogP contribution < -0.4 is 0 Å². The van der Waals surface area contributed by atoms with Gasteiger partial charge in [0.05, 0.1) is 11.0 Å². The van der Waals surface area contributed by atoms with Gasteiger partial charge in [-0.3, -0.25) is 4.40 Å².